The molecule has 7 nitrogen and oxygen atoms in total. The maximum absolute atomic E-state index is 11.8. The predicted octanol–water partition coefficient (Wildman–Crippen LogP) is 1.78. The van der Waals surface area contributed by atoms with Crippen LogP contribution in [-0.2, 0) is 17.7 Å². The zero-order valence-corrected chi connectivity index (χ0v) is 17.2. The van der Waals surface area contributed by atoms with Gasteiger partial charge >= 0.3 is 6.09 Å². The van der Waals surface area contributed by atoms with Crippen LogP contribution in [0.1, 0.15) is 24.5 Å². The summed E-state index contributed by atoms with van der Waals surface area (Å²) in [5.74, 6) is 0.924. The van der Waals surface area contributed by atoms with Gasteiger partial charge < -0.3 is 19.9 Å². The fraction of sp³-hybridized carbons (Fsp3) is 0.619. The van der Waals surface area contributed by atoms with Gasteiger partial charge in [-0.25, -0.2) is 4.79 Å². The second-order valence-electron chi connectivity index (χ2n) is 7.30. The van der Waals surface area contributed by atoms with Gasteiger partial charge in [0.05, 0.1) is 6.61 Å². The van der Waals surface area contributed by atoms with Crippen LogP contribution >= 0.6 is 0 Å². The van der Waals surface area contributed by atoms with Crippen LogP contribution in [-0.4, -0.2) is 86.2 Å². The van der Waals surface area contributed by atoms with E-state index in [1.165, 1.54) is 11.1 Å². The van der Waals surface area contributed by atoms with Gasteiger partial charge in [0.25, 0.3) is 0 Å². The van der Waals surface area contributed by atoms with Crippen molar-refractivity contribution in [3.05, 3.63) is 35.4 Å². The average molecular weight is 388 g/mol. The molecule has 0 unspecified atom stereocenters. The number of ether oxygens (including phenoxy) is 1. The van der Waals surface area contributed by atoms with Crippen molar-refractivity contribution in [1.29, 1.82) is 0 Å². The summed E-state index contributed by atoms with van der Waals surface area (Å²) in [6.07, 6.45) is 2.02. The summed E-state index contributed by atoms with van der Waals surface area (Å²) in [5, 5.41) is 3.48. The van der Waals surface area contributed by atoms with E-state index < -0.39 is 0 Å². The lowest BCUT2D eigenvalue weighted by Gasteiger charge is -2.36. The third-order valence-corrected chi connectivity index (χ3v) is 5.46. The molecular weight excluding hydrogens is 354 g/mol. The SMILES string of the molecule is CCOC(=O)N1CCN(C(=NC)NCCCN2CCc3ccccc3C2)CC1. The largest absolute Gasteiger partial charge is 0.450 e. The summed E-state index contributed by atoms with van der Waals surface area (Å²) in [5.41, 5.74) is 2.97. The number of hydrogen-bond donors (Lipinski definition) is 1. The van der Waals surface area contributed by atoms with Crippen LogP contribution in [0.15, 0.2) is 29.3 Å². The Morgan fingerprint density at radius 2 is 1.82 bits per heavy atom. The summed E-state index contributed by atoms with van der Waals surface area (Å²) in [6.45, 7) is 9.36. The van der Waals surface area contributed by atoms with Crippen molar-refractivity contribution in [3.63, 3.8) is 0 Å². The van der Waals surface area contributed by atoms with Gasteiger partial charge in [0.2, 0.25) is 0 Å². The van der Waals surface area contributed by atoms with Crippen LogP contribution in [0.25, 0.3) is 0 Å². The number of piperazine rings is 1. The molecule has 2 aliphatic heterocycles. The summed E-state index contributed by atoms with van der Waals surface area (Å²) >= 11 is 0. The number of rotatable bonds is 5. The minimum absolute atomic E-state index is 0.215. The second kappa shape index (κ2) is 10.3. The van der Waals surface area contributed by atoms with Gasteiger partial charge in [-0.1, -0.05) is 24.3 Å². The highest BCUT2D eigenvalue weighted by Crippen LogP contribution is 2.18. The third-order valence-electron chi connectivity index (χ3n) is 5.46. The highest BCUT2D eigenvalue weighted by atomic mass is 16.6. The Kier molecular flexibility index (Phi) is 7.54. The normalized spacial score (nSPS) is 18.0. The van der Waals surface area contributed by atoms with E-state index in [2.05, 4.69) is 44.4 Å². The van der Waals surface area contributed by atoms with Crippen molar-refractivity contribution in [1.82, 2.24) is 20.0 Å². The molecule has 0 aliphatic carbocycles. The van der Waals surface area contributed by atoms with E-state index in [-0.39, 0.29) is 6.09 Å². The summed E-state index contributed by atoms with van der Waals surface area (Å²) in [6, 6.07) is 8.77. The molecule has 2 aliphatic rings. The molecule has 1 saturated heterocycles. The minimum Gasteiger partial charge on any atom is -0.450 e. The van der Waals surface area contributed by atoms with E-state index in [0.717, 1.165) is 58.1 Å². The van der Waals surface area contributed by atoms with Gasteiger partial charge in [-0.05, 0) is 30.9 Å². The van der Waals surface area contributed by atoms with Gasteiger partial charge in [0, 0.05) is 59.4 Å². The Labute approximate surface area is 168 Å². The summed E-state index contributed by atoms with van der Waals surface area (Å²) in [7, 11) is 1.82. The van der Waals surface area contributed by atoms with Crippen molar-refractivity contribution in [2.24, 2.45) is 4.99 Å². The molecule has 28 heavy (non-hydrogen) atoms. The lowest BCUT2D eigenvalue weighted by molar-refractivity contribution is 0.0914. The van der Waals surface area contributed by atoms with Gasteiger partial charge in [-0.3, -0.25) is 9.89 Å². The number of carbonyl (C=O) groups excluding carboxylic acids is 1. The Morgan fingerprint density at radius 3 is 2.54 bits per heavy atom. The van der Waals surface area contributed by atoms with Crippen molar-refractivity contribution in [2.75, 3.05) is 59.5 Å². The first-order chi connectivity index (χ1) is 13.7. The molecular formula is C21H33N5O2. The van der Waals surface area contributed by atoms with Crippen LogP contribution in [0.2, 0.25) is 0 Å². The number of amides is 1. The maximum atomic E-state index is 11.8. The molecule has 1 aromatic rings. The number of guanidine groups is 1. The monoisotopic (exact) mass is 387 g/mol. The van der Waals surface area contributed by atoms with E-state index in [4.69, 9.17) is 4.74 Å². The molecule has 1 fully saturated rings. The standard InChI is InChI=1S/C21H33N5O2/c1-3-28-21(27)26-15-13-25(14-16-26)20(22-2)23-10-6-11-24-12-9-18-7-4-5-8-19(18)17-24/h4-5,7-8H,3,6,9-17H2,1-2H3,(H,22,23). The van der Waals surface area contributed by atoms with Crippen LogP contribution in [0, 0.1) is 0 Å². The Morgan fingerprint density at radius 1 is 1.11 bits per heavy atom. The molecule has 3 rings (SSSR count). The number of carbonyl (C=O) groups is 1. The van der Waals surface area contributed by atoms with E-state index in [1.54, 1.807) is 4.90 Å². The maximum Gasteiger partial charge on any atom is 0.409 e. The number of fused-ring (bicyclic) bond motifs is 1. The first kappa shape index (κ1) is 20.5. The zero-order valence-electron chi connectivity index (χ0n) is 17.2. The summed E-state index contributed by atoms with van der Waals surface area (Å²) < 4.78 is 5.08. The first-order valence-corrected chi connectivity index (χ1v) is 10.4. The highest BCUT2D eigenvalue weighted by Gasteiger charge is 2.23. The third kappa shape index (κ3) is 5.38. The van der Waals surface area contributed by atoms with Crippen LogP contribution in [0.5, 0.6) is 0 Å². The van der Waals surface area contributed by atoms with Crippen LogP contribution in [0.4, 0.5) is 4.79 Å². The number of aliphatic imine (C=N–C) groups is 1. The Hall–Kier alpha value is -2.28. The lowest BCUT2D eigenvalue weighted by atomic mass is 10.00. The fourth-order valence-corrected chi connectivity index (χ4v) is 3.90. The molecule has 2 heterocycles. The molecule has 0 spiro atoms. The predicted molar refractivity (Wildman–Crippen MR) is 112 cm³/mol. The van der Waals surface area contributed by atoms with Crippen molar-refractivity contribution in [2.45, 2.75) is 26.3 Å². The Bertz CT molecular complexity index is 671. The molecule has 1 N–H and O–H groups in total. The number of benzene rings is 1. The second-order valence-corrected chi connectivity index (χ2v) is 7.30. The van der Waals surface area contributed by atoms with Gasteiger partial charge in [0.15, 0.2) is 5.96 Å². The lowest BCUT2D eigenvalue weighted by Crippen LogP contribution is -2.54. The molecule has 0 saturated carbocycles. The molecule has 0 aromatic heterocycles. The average Bonchev–Trinajstić information content (AvgIpc) is 2.74. The van der Waals surface area contributed by atoms with E-state index >= 15 is 0 Å². The zero-order chi connectivity index (χ0) is 19.8. The van der Waals surface area contributed by atoms with Gasteiger partial charge in [-0.15, -0.1) is 0 Å². The van der Waals surface area contributed by atoms with Crippen molar-refractivity contribution < 1.29 is 9.53 Å². The quantitative estimate of drug-likeness (QED) is 0.474. The van der Waals surface area contributed by atoms with E-state index in [9.17, 15) is 4.79 Å². The van der Waals surface area contributed by atoms with E-state index in [1.807, 2.05) is 14.0 Å². The van der Waals surface area contributed by atoms with Gasteiger partial charge in [0.1, 0.15) is 0 Å². The molecule has 154 valence electrons. The number of nitrogens with one attached hydrogen (secondary N) is 1. The minimum atomic E-state index is -0.215. The fourth-order valence-electron chi connectivity index (χ4n) is 3.90. The molecule has 0 atom stereocenters. The molecule has 1 amide bonds. The first-order valence-electron chi connectivity index (χ1n) is 10.4. The Balaban J connectivity index is 1.36. The van der Waals surface area contributed by atoms with Gasteiger partial charge in [-0.2, -0.15) is 0 Å². The smallest absolute Gasteiger partial charge is 0.409 e. The molecule has 7 heteroatoms. The van der Waals surface area contributed by atoms with E-state index in [0.29, 0.717) is 19.7 Å². The van der Waals surface area contributed by atoms with Crippen LogP contribution in [0.3, 0.4) is 0 Å². The molecule has 1 aromatic carbocycles. The summed E-state index contributed by atoms with van der Waals surface area (Å²) in [4.78, 5) is 22.7. The van der Waals surface area contributed by atoms with Crippen molar-refractivity contribution in [3.8, 4) is 0 Å². The van der Waals surface area contributed by atoms with Crippen LogP contribution < -0.4 is 5.32 Å². The number of nitrogens with zero attached hydrogens (tertiary/aromatic N) is 4. The molecule has 0 bridgehead atoms. The van der Waals surface area contributed by atoms with Crippen molar-refractivity contribution >= 4 is 12.1 Å². The molecule has 0 radical (unpaired) electrons. The highest BCUT2D eigenvalue weighted by molar-refractivity contribution is 5.80. The topological polar surface area (TPSA) is 60.4 Å². The number of hydrogen-bond acceptors (Lipinski definition) is 4.